The van der Waals surface area contributed by atoms with Crippen LogP contribution in [-0.4, -0.2) is 11.4 Å². The molecule has 0 unspecified atom stereocenters. The third kappa shape index (κ3) is 2.36. The predicted octanol–water partition coefficient (Wildman–Crippen LogP) is 0.738. The summed E-state index contributed by atoms with van der Waals surface area (Å²) >= 11 is 0. The van der Waals surface area contributed by atoms with E-state index in [9.17, 15) is 4.79 Å². The van der Waals surface area contributed by atoms with E-state index in [4.69, 9.17) is 5.84 Å². The van der Waals surface area contributed by atoms with E-state index in [2.05, 4.69) is 0 Å². The Kier molecular flexibility index (Phi) is 2.82. The number of nitrogens with two attached hydrogens (primary N) is 1. The summed E-state index contributed by atoms with van der Waals surface area (Å²) in [6.07, 6.45) is 1.59. The first-order valence-electron chi connectivity index (χ1n) is 3.68. The lowest BCUT2D eigenvalue weighted by molar-refractivity contribution is 0.387. The molecule has 3 heteroatoms. The first-order valence-corrected chi connectivity index (χ1v) is 3.68. The van der Waals surface area contributed by atoms with E-state index in [1.807, 2.05) is 31.2 Å². The second kappa shape index (κ2) is 3.88. The van der Waals surface area contributed by atoms with Gasteiger partial charge in [0.1, 0.15) is 0 Å². The molecule has 0 aromatic heterocycles. The maximum absolute atomic E-state index is 10.1. The molecule has 1 amide bonds. The molecule has 0 spiro atoms. The summed E-state index contributed by atoms with van der Waals surface area (Å²) in [5.74, 6) is 5.25. The van der Waals surface area contributed by atoms with Crippen molar-refractivity contribution in [2.45, 2.75) is 13.5 Å². The fourth-order valence-electron chi connectivity index (χ4n) is 0.922. The van der Waals surface area contributed by atoms with Gasteiger partial charge >= 0.3 is 6.41 Å². The Hall–Kier alpha value is -1.35. The van der Waals surface area contributed by atoms with Gasteiger partial charge in [-0.1, -0.05) is 29.8 Å². The zero-order valence-electron chi connectivity index (χ0n) is 6.95. The maximum atomic E-state index is 10.1. The summed E-state index contributed by atoms with van der Waals surface area (Å²) < 4.78 is 0. The van der Waals surface area contributed by atoms with Crippen LogP contribution >= 0.6 is 0 Å². The number of carbonyl (C=O) groups excluding carboxylic acids is 1. The van der Waals surface area contributed by atoms with E-state index < -0.39 is 0 Å². The lowest BCUT2D eigenvalue weighted by atomic mass is 10.1. The van der Waals surface area contributed by atoms with Crippen molar-refractivity contribution in [3.63, 3.8) is 0 Å². The monoisotopic (exact) mass is 163 g/mol. The number of hydrogen-bond donors (Lipinski definition) is 1. The van der Waals surface area contributed by atoms with Crippen LogP contribution in [-0.2, 0) is 11.3 Å². The second-order valence-corrected chi connectivity index (χ2v) is 2.70. The molecular formula is C9H11N2O. The molecular weight excluding hydrogens is 152 g/mol. The molecule has 0 aliphatic rings. The average Bonchev–Trinajstić information content (AvgIpc) is 2.09. The number of amides is 1. The highest BCUT2D eigenvalue weighted by Crippen LogP contribution is 2.03. The number of benzene rings is 1. The van der Waals surface area contributed by atoms with Crippen LogP contribution in [0.25, 0.3) is 0 Å². The molecule has 0 saturated carbocycles. The molecule has 1 rings (SSSR count). The van der Waals surface area contributed by atoms with E-state index >= 15 is 0 Å². The lowest BCUT2D eigenvalue weighted by Crippen LogP contribution is -2.28. The Morgan fingerprint density at radius 1 is 1.42 bits per heavy atom. The van der Waals surface area contributed by atoms with Crippen LogP contribution < -0.4 is 5.84 Å². The van der Waals surface area contributed by atoms with Crippen molar-refractivity contribution in [3.8, 4) is 0 Å². The summed E-state index contributed by atoms with van der Waals surface area (Å²) in [6.45, 7) is 2.42. The van der Waals surface area contributed by atoms with Gasteiger partial charge in [0.15, 0.2) is 0 Å². The first-order chi connectivity index (χ1) is 5.72. The molecule has 12 heavy (non-hydrogen) atoms. The van der Waals surface area contributed by atoms with Crippen molar-refractivity contribution < 1.29 is 4.79 Å². The fraction of sp³-hybridized carbons (Fsp3) is 0.222. The van der Waals surface area contributed by atoms with Gasteiger partial charge in [0, 0.05) is 0 Å². The number of rotatable bonds is 3. The molecule has 2 N–H and O–H groups in total. The quantitative estimate of drug-likeness (QED) is 0.309. The minimum absolute atomic E-state index is 0.407. The van der Waals surface area contributed by atoms with Crippen molar-refractivity contribution >= 4 is 6.41 Å². The number of nitrogens with zero attached hydrogens (tertiary/aromatic N) is 1. The number of aryl methyl sites for hydroxylation is 1. The minimum atomic E-state index is 0.407. The van der Waals surface area contributed by atoms with Crippen molar-refractivity contribution in [1.29, 1.82) is 0 Å². The van der Waals surface area contributed by atoms with E-state index in [1.54, 1.807) is 6.41 Å². The van der Waals surface area contributed by atoms with Crippen molar-refractivity contribution in [2.24, 2.45) is 5.84 Å². The van der Waals surface area contributed by atoms with Gasteiger partial charge in [0.25, 0.3) is 0 Å². The lowest BCUT2D eigenvalue weighted by Gasteiger charge is -2.08. The molecule has 1 aromatic carbocycles. The largest absolute Gasteiger partial charge is 0.327 e. The Morgan fingerprint density at radius 2 is 2.00 bits per heavy atom. The van der Waals surface area contributed by atoms with Crippen LogP contribution in [0.5, 0.6) is 0 Å². The van der Waals surface area contributed by atoms with E-state index in [-0.39, 0.29) is 0 Å². The predicted molar refractivity (Wildman–Crippen MR) is 46.6 cm³/mol. The van der Waals surface area contributed by atoms with Crippen LogP contribution in [0.2, 0.25) is 0 Å². The molecule has 0 aliphatic heterocycles. The van der Waals surface area contributed by atoms with Gasteiger partial charge < -0.3 is 0 Å². The molecule has 0 atom stereocenters. The molecule has 63 valence electrons. The summed E-state index contributed by atoms with van der Waals surface area (Å²) in [5, 5.41) is 0.991. The van der Waals surface area contributed by atoms with Crippen LogP contribution in [0.3, 0.4) is 0 Å². The van der Waals surface area contributed by atoms with Gasteiger partial charge in [-0.3, -0.25) is 9.80 Å². The highest BCUT2D eigenvalue weighted by Gasteiger charge is 1.96. The smallest absolute Gasteiger partial charge is 0.268 e. The van der Waals surface area contributed by atoms with Gasteiger partial charge in [-0.25, -0.2) is 5.84 Å². The second-order valence-electron chi connectivity index (χ2n) is 2.70. The third-order valence-electron chi connectivity index (χ3n) is 1.59. The minimum Gasteiger partial charge on any atom is -0.268 e. The van der Waals surface area contributed by atoms with Crippen LogP contribution in [0.15, 0.2) is 24.3 Å². The number of hydrazine groups is 1. The van der Waals surface area contributed by atoms with Gasteiger partial charge in [-0.05, 0) is 12.5 Å². The van der Waals surface area contributed by atoms with Crippen LogP contribution in [0.4, 0.5) is 0 Å². The molecule has 0 aliphatic carbocycles. The zero-order valence-corrected chi connectivity index (χ0v) is 6.95. The Balaban J connectivity index is 2.64. The summed E-state index contributed by atoms with van der Waals surface area (Å²) in [4.78, 5) is 10.1. The van der Waals surface area contributed by atoms with E-state index in [0.717, 1.165) is 10.6 Å². The highest BCUT2D eigenvalue weighted by molar-refractivity contribution is 5.47. The van der Waals surface area contributed by atoms with E-state index in [0.29, 0.717) is 6.54 Å². The van der Waals surface area contributed by atoms with E-state index in [1.165, 1.54) is 5.56 Å². The summed E-state index contributed by atoms with van der Waals surface area (Å²) in [7, 11) is 0. The number of hydrogen-bond acceptors (Lipinski definition) is 2. The van der Waals surface area contributed by atoms with Crippen molar-refractivity contribution in [1.82, 2.24) is 5.01 Å². The molecule has 3 nitrogen and oxygen atoms in total. The van der Waals surface area contributed by atoms with Gasteiger partial charge in [-0.15, -0.1) is 0 Å². The topological polar surface area (TPSA) is 46.3 Å². The van der Waals surface area contributed by atoms with Crippen molar-refractivity contribution in [2.75, 3.05) is 0 Å². The molecule has 0 heterocycles. The van der Waals surface area contributed by atoms with Crippen molar-refractivity contribution in [3.05, 3.63) is 35.4 Å². The Labute approximate surface area is 71.8 Å². The molecule has 0 saturated heterocycles. The van der Waals surface area contributed by atoms with Crippen LogP contribution in [0, 0.1) is 6.92 Å². The third-order valence-corrected chi connectivity index (χ3v) is 1.59. The average molecular weight is 163 g/mol. The van der Waals surface area contributed by atoms with Gasteiger partial charge in [-0.2, -0.15) is 0 Å². The Morgan fingerprint density at radius 3 is 2.50 bits per heavy atom. The standard InChI is InChI=1S/C9H11N2O/c1-8-2-4-9(5-3-8)6-11(10)7-12/h2-5H,6,10H2,1H3. The SMILES string of the molecule is Cc1ccc(CN(N)[C]=O)cc1. The molecule has 0 bridgehead atoms. The Bertz CT molecular complexity index is 256. The first kappa shape index (κ1) is 8.74. The molecule has 1 aromatic rings. The molecule has 1 radical (unpaired) electrons. The summed E-state index contributed by atoms with van der Waals surface area (Å²) in [6, 6.07) is 7.83. The van der Waals surface area contributed by atoms with Gasteiger partial charge in [0.05, 0.1) is 6.54 Å². The normalized spacial score (nSPS) is 9.50. The highest BCUT2D eigenvalue weighted by atomic mass is 16.1. The maximum Gasteiger partial charge on any atom is 0.327 e. The van der Waals surface area contributed by atoms with Gasteiger partial charge in [0.2, 0.25) is 0 Å². The zero-order chi connectivity index (χ0) is 8.97. The van der Waals surface area contributed by atoms with Crippen LogP contribution in [0.1, 0.15) is 11.1 Å². The fourth-order valence-corrected chi connectivity index (χ4v) is 0.922. The molecule has 0 fully saturated rings. The summed E-state index contributed by atoms with van der Waals surface area (Å²) in [5.41, 5.74) is 2.20.